The van der Waals surface area contributed by atoms with Crippen molar-refractivity contribution in [2.24, 2.45) is 33.7 Å². The van der Waals surface area contributed by atoms with Gasteiger partial charge in [-0.1, -0.05) is 18.6 Å². The van der Waals surface area contributed by atoms with Gasteiger partial charge in [-0.05, 0) is 74.7 Å². The molecule has 158 valence electrons. The second kappa shape index (κ2) is 6.42. The third-order valence-corrected chi connectivity index (χ3v) is 9.30. The summed E-state index contributed by atoms with van der Waals surface area (Å²) in [5.41, 5.74) is 0.772. The van der Waals surface area contributed by atoms with E-state index in [1.807, 2.05) is 6.08 Å². The van der Waals surface area contributed by atoms with Crippen molar-refractivity contribution >= 4 is 12.2 Å². The predicted octanol–water partition coefficient (Wildman–Crippen LogP) is 2.96. The van der Waals surface area contributed by atoms with Crippen molar-refractivity contribution in [2.75, 3.05) is 6.61 Å². The highest BCUT2D eigenvalue weighted by Crippen LogP contribution is 2.69. The summed E-state index contributed by atoms with van der Waals surface area (Å²) in [5.74, 6) is 0.236. The molecule has 3 saturated carbocycles. The molecular formula is C23H31NO5. The van der Waals surface area contributed by atoms with Crippen LogP contribution in [0.5, 0.6) is 0 Å². The first kappa shape index (κ1) is 19.3. The van der Waals surface area contributed by atoms with E-state index in [-0.39, 0.29) is 34.6 Å². The predicted molar refractivity (Wildman–Crippen MR) is 106 cm³/mol. The third-order valence-electron chi connectivity index (χ3n) is 9.30. The number of hydrogen-bond acceptors (Lipinski definition) is 6. The Morgan fingerprint density at radius 2 is 2.00 bits per heavy atom. The maximum absolute atomic E-state index is 12.2. The number of allylic oxidation sites excluding steroid dienone is 1. The van der Waals surface area contributed by atoms with Gasteiger partial charge in [-0.15, -0.1) is 5.16 Å². The van der Waals surface area contributed by atoms with E-state index in [1.54, 1.807) is 12.3 Å². The number of hydrogen-bond donors (Lipinski definition) is 3. The molecule has 1 heterocycles. The molecule has 0 saturated heterocycles. The van der Waals surface area contributed by atoms with Crippen molar-refractivity contribution in [2.45, 2.75) is 70.0 Å². The fourth-order valence-electron chi connectivity index (χ4n) is 7.92. The zero-order valence-corrected chi connectivity index (χ0v) is 17.0. The lowest BCUT2D eigenvalue weighted by atomic mass is 9.44. The number of oxime groups is 1. The van der Waals surface area contributed by atoms with Crippen molar-refractivity contribution in [3.8, 4) is 0 Å². The van der Waals surface area contributed by atoms with Crippen LogP contribution < -0.4 is 0 Å². The van der Waals surface area contributed by atoms with E-state index in [4.69, 9.17) is 4.74 Å². The van der Waals surface area contributed by atoms with Crippen molar-refractivity contribution in [3.05, 3.63) is 23.3 Å². The Morgan fingerprint density at radius 1 is 1.17 bits per heavy atom. The lowest BCUT2D eigenvalue weighted by Crippen LogP contribution is -2.61. The van der Waals surface area contributed by atoms with Gasteiger partial charge in [0.25, 0.3) is 0 Å². The second-order valence-electron chi connectivity index (χ2n) is 10.1. The minimum Gasteiger partial charge on any atom is -0.458 e. The van der Waals surface area contributed by atoms with E-state index in [0.29, 0.717) is 13.0 Å². The summed E-state index contributed by atoms with van der Waals surface area (Å²) in [6.45, 7) is 2.56. The van der Waals surface area contributed by atoms with Gasteiger partial charge in [-0.2, -0.15) is 0 Å². The summed E-state index contributed by atoms with van der Waals surface area (Å²) in [6, 6.07) is 0. The molecule has 4 aliphatic carbocycles. The number of aliphatic hydroxyl groups is 2. The Labute approximate surface area is 171 Å². The van der Waals surface area contributed by atoms with Gasteiger partial charge >= 0.3 is 5.97 Å². The monoisotopic (exact) mass is 401 g/mol. The summed E-state index contributed by atoms with van der Waals surface area (Å²) in [6.07, 6.45) is 11.4. The second-order valence-corrected chi connectivity index (χ2v) is 10.1. The molecule has 0 unspecified atom stereocenters. The van der Waals surface area contributed by atoms with E-state index in [9.17, 15) is 20.2 Å². The van der Waals surface area contributed by atoms with Crippen LogP contribution in [0.1, 0.15) is 58.3 Å². The van der Waals surface area contributed by atoms with E-state index in [1.165, 1.54) is 5.57 Å². The topological polar surface area (TPSA) is 99.4 Å². The number of carbonyl (C=O) groups excluding carboxylic acids is 1. The SMILES string of the molecule is C[C@]12CC[C@@H]3[C@@H](CCC4=C[C@H](O)CC[C@@]43/C=N/O)[C@]1(O)CC[C@@H]2C1=CC(=O)OC1. The molecule has 0 aromatic rings. The summed E-state index contributed by atoms with van der Waals surface area (Å²) in [7, 11) is 0. The van der Waals surface area contributed by atoms with Gasteiger partial charge in [-0.25, -0.2) is 4.79 Å². The molecule has 6 heteroatoms. The minimum atomic E-state index is -0.801. The van der Waals surface area contributed by atoms with Gasteiger partial charge in [0.1, 0.15) is 6.61 Å². The summed E-state index contributed by atoms with van der Waals surface area (Å²) < 4.78 is 5.18. The first-order valence-corrected chi connectivity index (χ1v) is 11.0. The van der Waals surface area contributed by atoms with Crippen LogP contribution in [0.2, 0.25) is 0 Å². The van der Waals surface area contributed by atoms with Crippen molar-refractivity contribution in [1.29, 1.82) is 0 Å². The Hall–Kier alpha value is -1.66. The van der Waals surface area contributed by atoms with Crippen molar-refractivity contribution in [1.82, 2.24) is 0 Å². The third kappa shape index (κ3) is 2.48. The Morgan fingerprint density at radius 3 is 2.72 bits per heavy atom. The van der Waals surface area contributed by atoms with Crippen LogP contribution in [0.4, 0.5) is 0 Å². The maximum atomic E-state index is 12.2. The average Bonchev–Trinajstić information content (AvgIpc) is 3.23. The standard InChI is InChI=1S/C23H31NO5/c1-21-7-5-18-19(3-2-15-11-16(25)4-8-22(15,18)13-24-28)23(21,27)9-6-17(21)14-10-20(26)29-12-14/h10-11,13,16-19,25,27-28H,2-9,12H2,1H3/b24-13+/t16-,17-,18-,19-,21-,22-,23-/m1/s1. The molecule has 3 fully saturated rings. The smallest absolute Gasteiger partial charge is 0.331 e. The van der Waals surface area contributed by atoms with Gasteiger partial charge in [0, 0.05) is 16.9 Å². The van der Waals surface area contributed by atoms with E-state index < -0.39 is 11.7 Å². The number of rotatable bonds is 2. The number of nitrogens with zero attached hydrogens (tertiary/aromatic N) is 1. The Kier molecular flexibility index (Phi) is 4.27. The summed E-state index contributed by atoms with van der Waals surface area (Å²) in [4.78, 5) is 11.7. The molecule has 5 aliphatic rings. The van der Waals surface area contributed by atoms with Crippen LogP contribution in [-0.4, -0.2) is 45.9 Å². The van der Waals surface area contributed by atoms with Crippen LogP contribution >= 0.6 is 0 Å². The van der Waals surface area contributed by atoms with Crippen LogP contribution in [0.3, 0.4) is 0 Å². The minimum absolute atomic E-state index is 0.121. The molecule has 0 aromatic heterocycles. The molecule has 1 aliphatic heterocycles. The van der Waals surface area contributed by atoms with E-state index >= 15 is 0 Å². The van der Waals surface area contributed by atoms with Crippen molar-refractivity contribution in [3.63, 3.8) is 0 Å². The molecule has 0 aromatic carbocycles. The van der Waals surface area contributed by atoms with Gasteiger partial charge in [0.2, 0.25) is 0 Å². The lowest BCUT2D eigenvalue weighted by Gasteiger charge is -2.61. The Balaban J connectivity index is 1.53. The number of aliphatic hydroxyl groups excluding tert-OH is 1. The number of cyclic esters (lactones) is 1. The molecule has 3 N–H and O–H groups in total. The number of fused-ring (bicyclic) bond motifs is 5. The molecule has 6 nitrogen and oxygen atoms in total. The van der Waals surface area contributed by atoms with Crippen LogP contribution in [0.15, 0.2) is 28.5 Å². The molecule has 0 spiro atoms. The zero-order chi connectivity index (χ0) is 20.4. The molecular weight excluding hydrogens is 370 g/mol. The fraction of sp³-hybridized carbons (Fsp3) is 0.739. The number of esters is 1. The molecule has 5 rings (SSSR count). The van der Waals surface area contributed by atoms with E-state index in [2.05, 4.69) is 12.1 Å². The largest absolute Gasteiger partial charge is 0.458 e. The lowest BCUT2D eigenvalue weighted by molar-refractivity contribution is -0.175. The zero-order valence-electron chi connectivity index (χ0n) is 17.0. The molecule has 7 atom stereocenters. The highest BCUT2D eigenvalue weighted by molar-refractivity contribution is 5.85. The first-order valence-electron chi connectivity index (χ1n) is 11.0. The highest BCUT2D eigenvalue weighted by atomic mass is 16.5. The van der Waals surface area contributed by atoms with Gasteiger partial charge in [-0.3, -0.25) is 0 Å². The van der Waals surface area contributed by atoms with Gasteiger partial charge in [0.15, 0.2) is 0 Å². The van der Waals surface area contributed by atoms with Gasteiger partial charge in [0.05, 0.1) is 17.9 Å². The van der Waals surface area contributed by atoms with E-state index in [0.717, 1.165) is 50.5 Å². The van der Waals surface area contributed by atoms with Crippen LogP contribution in [0, 0.1) is 28.6 Å². The Bertz CT molecular complexity index is 818. The van der Waals surface area contributed by atoms with Crippen LogP contribution in [0.25, 0.3) is 0 Å². The fourth-order valence-corrected chi connectivity index (χ4v) is 7.92. The summed E-state index contributed by atoms with van der Waals surface area (Å²) in [5, 5.41) is 35.3. The molecule has 0 amide bonds. The highest BCUT2D eigenvalue weighted by Gasteiger charge is 2.67. The maximum Gasteiger partial charge on any atom is 0.331 e. The average molecular weight is 402 g/mol. The number of ether oxygens (including phenoxy) is 1. The van der Waals surface area contributed by atoms with Crippen molar-refractivity contribution < 1.29 is 25.0 Å². The van der Waals surface area contributed by atoms with Gasteiger partial charge < -0.3 is 20.2 Å². The molecule has 29 heavy (non-hydrogen) atoms. The molecule has 0 bridgehead atoms. The molecule has 0 radical (unpaired) electrons. The van der Waals surface area contributed by atoms with Crippen LogP contribution in [-0.2, 0) is 9.53 Å². The normalized spacial score (nSPS) is 49.1. The first-order chi connectivity index (χ1) is 13.8. The number of carbonyl (C=O) groups is 1. The summed E-state index contributed by atoms with van der Waals surface area (Å²) >= 11 is 0. The quantitative estimate of drug-likeness (QED) is 0.217.